The number of aromatic carboxylic acids is 1. The van der Waals surface area contributed by atoms with E-state index in [0.29, 0.717) is 11.4 Å². The standard InChI is InChI=1S/C10H9N3O2/c11-7-1-2-9(8(5-7)10(14)15)13-4-3-12-6-13/h1-6H,11H2,(H,14,15). The Morgan fingerprint density at radius 2 is 2.27 bits per heavy atom. The Balaban J connectivity index is 2.61. The fourth-order valence-corrected chi connectivity index (χ4v) is 1.35. The molecule has 3 N–H and O–H groups in total. The summed E-state index contributed by atoms with van der Waals surface area (Å²) in [6.45, 7) is 0. The van der Waals surface area contributed by atoms with Gasteiger partial charge in [-0.05, 0) is 18.2 Å². The van der Waals surface area contributed by atoms with Crippen LogP contribution in [0.2, 0.25) is 0 Å². The van der Waals surface area contributed by atoms with E-state index in [4.69, 9.17) is 10.8 Å². The van der Waals surface area contributed by atoms with Crippen LogP contribution in [-0.2, 0) is 0 Å². The Kier molecular flexibility index (Phi) is 2.13. The molecule has 0 aliphatic rings. The molecule has 76 valence electrons. The second-order valence-electron chi connectivity index (χ2n) is 3.05. The Morgan fingerprint density at radius 1 is 1.47 bits per heavy atom. The zero-order valence-corrected chi connectivity index (χ0v) is 7.79. The van der Waals surface area contributed by atoms with Crippen LogP contribution in [-0.4, -0.2) is 20.6 Å². The van der Waals surface area contributed by atoms with Crippen LogP contribution in [0.1, 0.15) is 10.4 Å². The molecule has 2 rings (SSSR count). The van der Waals surface area contributed by atoms with Gasteiger partial charge < -0.3 is 15.4 Å². The highest BCUT2D eigenvalue weighted by Gasteiger charge is 2.11. The number of rotatable bonds is 2. The maximum Gasteiger partial charge on any atom is 0.337 e. The molecule has 0 amide bonds. The van der Waals surface area contributed by atoms with Crippen LogP contribution in [0.15, 0.2) is 36.9 Å². The monoisotopic (exact) mass is 203 g/mol. The summed E-state index contributed by atoms with van der Waals surface area (Å²) >= 11 is 0. The summed E-state index contributed by atoms with van der Waals surface area (Å²) < 4.78 is 1.63. The third kappa shape index (κ3) is 1.67. The first-order valence-electron chi connectivity index (χ1n) is 4.29. The molecule has 0 spiro atoms. The molecule has 0 fully saturated rings. The lowest BCUT2D eigenvalue weighted by Gasteiger charge is -2.07. The van der Waals surface area contributed by atoms with Crippen molar-refractivity contribution in [1.29, 1.82) is 0 Å². The van der Waals surface area contributed by atoms with Crippen LogP contribution in [0, 0.1) is 0 Å². The van der Waals surface area contributed by atoms with Gasteiger partial charge in [0.15, 0.2) is 0 Å². The van der Waals surface area contributed by atoms with Crippen LogP contribution in [0.3, 0.4) is 0 Å². The third-order valence-electron chi connectivity index (χ3n) is 2.03. The summed E-state index contributed by atoms with van der Waals surface area (Å²) in [6, 6.07) is 4.74. The van der Waals surface area contributed by atoms with Gasteiger partial charge in [0.05, 0.1) is 17.6 Å². The quantitative estimate of drug-likeness (QED) is 0.717. The Bertz CT molecular complexity index is 491. The molecule has 5 nitrogen and oxygen atoms in total. The predicted octanol–water partition coefficient (Wildman–Crippen LogP) is 1.15. The molecule has 0 unspecified atom stereocenters. The number of aromatic nitrogens is 2. The number of hydrogen-bond acceptors (Lipinski definition) is 3. The molecule has 0 aliphatic heterocycles. The topological polar surface area (TPSA) is 81.1 Å². The Labute approximate surface area is 85.8 Å². The number of carboxylic acid groups (broad SMARTS) is 1. The molecule has 1 aromatic carbocycles. The smallest absolute Gasteiger partial charge is 0.337 e. The number of hydrogen-bond donors (Lipinski definition) is 2. The lowest BCUT2D eigenvalue weighted by Crippen LogP contribution is -2.05. The largest absolute Gasteiger partial charge is 0.478 e. The highest BCUT2D eigenvalue weighted by molar-refractivity contribution is 5.93. The van der Waals surface area contributed by atoms with E-state index in [-0.39, 0.29) is 5.56 Å². The summed E-state index contributed by atoms with van der Waals surface area (Å²) in [6.07, 6.45) is 4.80. The summed E-state index contributed by atoms with van der Waals surface area (Å²) in [7, 11) is 0. The molecular weight excluding hydrogens is 194 g/mol. The highest BCUT2D eigenvalue weighted by atomic mass is 16.4. The number of carbonyl (C=O) groups is 1. The third-order valence-corrected chi connectivity index (χ3v) is 2.03. The van der Waals surface area contributed by atoms with Crippen molar-refractivity contribution in [3.8, 4) is 5.69 Å². The van der Waals surface area contributed by atoms with Crippen molar-refractivity contribution >= 4 is 11.7 Å². The summed E-state index contributed by atoms with van der Waals surface area (Å²) in [5.74, 6) is -1.01. The summed E-state index contributed by atoms with van der Waals surface area (Å²) in [5.41, 5.74) is 6.67. The zero-order valence-electron chi connectivity index (χ0n) is 7.79. The van der Waals surface area contributed by atoms with Crippen molar-refractivity contribution in [2.75, 3.05) is 5.73 Å². The number of imidazole rings is 1. The molecule has 15 heavy (non-hydrogen) atoms. The lowest BCUT2D eigenvalue weighted by molar-refractivity contribution is 0.0697. The van der Waals surface area contributed by atoms with E-state index in [1.54, 1.807) is 29.1 Å². The fourth-order valence-electron chi connectivity index (χ4n) is 1.35. The minimum Gasteiger partial charge on any atom is -0.478 e. The second-order valence-corrected chi connectivity index (χ2v) is 3.05. The first-order chi connectivity index (χ1) is 7.18. The van der Waals surface area contributed by atoms with Crippen molar-refractivity contribution in [2.24, 2.45) is 0 Å². The van der Waals surface area contributed by atoms with E-state index in [9.17, 15) is 4.79 Å². The van der Waals surface area contributed by atoms with Gasteiger partial charge in [-0.25, -0.2) is 9.78 Å². The van der Waals surface area contributed by atoms with Gasteiger partial charge in [0.1, 0.15) is 0 Å². The van der Waals surface area contributed by atoms with Gasteiger partial charge >= 0.3 is 5.97 Å². The number of nitrogens with two attached hydrogens (primary N) is 1. The average Bonchev–Trinajstić information content (AvgIpc) is 2.70. The van der Waals surface area contributed by atoms with Crippen LogP contribution in [0.5, 0.6) is 0 Å². The molecule has 2 aromatic rings. The average molecular weight is 203 g/mol. The fraction of sp³-hybridized carbons (Fsp3) is 0. The molecule has 0 radical (unpaired) electrons. The molecule has 1 aromatic heterocycles. The maximum absolute atomic E-state index is 11.0. The Hall–Kier alpha value is -2.30. The van der Waals surface area contributed by atoms with Crippen LogP contribution >= 0.6 is 0 Å². The number of benzene rings is 1. The highest BCUT2D eigenvalue weighted by Crippen LogP contribution is 2.17. The van der Waals surface area contributed by atoms with Crippen molar-refractivity contribution in [1.82, 2.24) is 9.55 Å². The van der Waals surface area contributed by atoms with Crippen molar-refractivity contribution in [3.63, 3.8) is 0 Å². The van der Waals surface area contributed by atoms with Crippen molar-refractivity contribution in [3.05, 3.63) is 42.5 Å². The predicted molar refractivity (Wildman–Crippen MR) is 54.9 cm³/mol. The van der Waals surface area contributed by atoms with E-state index >= 15 is 0 Å². The van der Waals surface area contributed by atoms with Gasteiger partial charge in [-0.3, -0.25) is 0 Å². The lowest BCUT2D eigenvalue weighted by atomic mass is 10.1. The number of anilines is 1. The zero-order chi connectivity index (χ0) is 10.8. The molecule has 0 saturated heterocycles. The summed E-state index contributed by atoms with van der Waals surface area (Å²) in [5, 5.41) is 9.00. The molecule has 1 heterocycles. The molecule has 0 bridgehead atoms. The number of nitrogens with zero attached hydrogens (tertiary/aromatic N) is 2. The molecular formula is C10H9N3O2. The van der Waals surface area contributed by atoms with Gasteiger partial charge in [0.25, 0.3) is 0 Å². The minimum atomic E-state index is -1.01. The van der Waals surface area contributed by atoms with E-state index in [1.807, 2.05) is 0 Å². The van der Waals surface area contributed by atoms with E-state index in [2.05, 4.69) is 4.98 Å². The first-order valence-corrected chi connectivity index (χ1v) is 4.29. The SMILES string of the molecule is Nc1ccc(-n2ccnc2)c(C(=O)O)c1. The van der Waals surface area contributed by atoms with Gasteiger partial charge in [-0.1, -0.05) is 0 Å². The van der Waals surface area contributed by atoms with Gasteiger partial charge in [-0.2, -0.15) is 0 Å². The Morgan fingerprint density at radius 3 is 2.87 bits per heavy atom. The van der Waals surface area contributed by atoms with Gasteiger partial charge in [0.2, 0.25) is 0 Å². The van der Waals surface area contributed by atoms with Gasteiger partial charge in [0, 0.05) is 18.1 Å². The van der Waals surface area contributed by atoms with Crippen LogP contribution in [0.4, 0.5) is 5.69 Å². The van der Waals surface area contributed by atoms with E-state index < -0.39 is 5.97 Å². The minimum absolute atomic E-state index is 0.160. The first kappa shape index (κ1) is 9.26. The maximum atomic E-state index is 11.0. The van der Waals surface area contributed by atoms with Crippen molar-refractivity contribution in [2.45, 2.75) is 0 Å². The molecule has 0 saturated carbocycles. The van der Waals surface area contributed by atoms with Gasteiger partial charge in [-0.15, -0.1) is 0 Å². The van der Waals surface area contributed by atoms with E-state index in [1.165, 1.54) is 12.4 Å². The number of carboxylic acids is 1. The molecule has 0 aliphatic carbocycles. The normalized spacial score (nSPS) is 10.1. The number of nitrogen functional groups attached to an aromatic ring is 1. The van der Waals surface area contributed by atoms with Crippen molar-refractivity contribution < 1.29 is 9.90 Å². The summed E-state index contributed by atoms with van der Waals surface area (Å²) in [4.78, 5) is 14.8. The van der Waals surface area contributed by atoms with E-state index in [0.717, 1.165) is 0 Å². The second kappa shape index (κ2) is 3.45. The van der Waals surface area contributed by atoms with Crippen LogP contribution < -0.4 is 5.73 Å². The van der Waals surface area contributed by atoms with Crippen LogP contribution in [0.25, 0.3) is 5.69 Å². The molecule has 5 heteroatoms. The molecule has 0 atom stereocenters.